The zero-order valence-corrected chi connectivity index (χ0v) is 13.6. The van der Waals surface area contributed by atoms with Gasteiger partial charge in [-0.25, -0.2) is 4.39 Å². The molecule has 0 bridgehead atoms. The van der Waals surface area contributed by atoms with Crippen molar-refractivity contribution < 1.29 is 14.0 Å². The smallest absolute Gasteiger partial charge is 0.266 e. The quantitative estimate of drug-likeness (QED) is 0.843. The predicted molar refractivity (Wildman–Crippen MR) is 87.8 cm³/mol. The third-order valence-electron chi connectivity index (χ3n) is 3.68. The number of likely N-dealkylation sites (N-methyl/N-ethyl adjacent to an activating group) is 1. The summed E-state index contributed by atoms with van der Waals surface area (Å²) in [5, 5.41) is 8.00. The molecule has 1 aliphatic heterocycles. The Hall–Kier alpha value is -2.21. The number of hydrogen-bond acceptors (Lipinski definition) is 4. The van der Waals surface area contributed by atoms with E-state index in [1.165, 1.54) is 12.1 Å². The van der Waals surface area contributed by atoms with Crippen molar-refractivity contribution in [2.75, 3.05) is 7.05 Å². The van der Waals surface area contributed by atoms with Crippen LogP contribution in [0.25, 0.3) is 0 Å². The van der Waals surface area contributed by atoms with Crippen molar-refractivity contribution in [2.45, 2.75) is 25.5 Å². The highest BCUT2D eigenvalue weighted by molar-refractivity contribution is 7.07. The Morgan fingerprint density at radius 1 is 1.43 bits per heavy atom. The van der Waals surface area contributed by atoms with Crippen molar-refractivity contribution in [3.05, 3.63) is 58.0 Å². The molecule has 1 atom stereocenters. The minimum absolute atomic E-state index is 0.0887. The summed E-state index contributed by atoms with van der Waals surface area (Å²) in [7, 11) is 1.76. The van der Waals surface area contributed by atoms with Crippen molar-refractivity contribution in [3.63, 3.8) is 0 Å². The predicted octanol–water partition coefficient (Wildman–Crippen LogP) is 3.23. The van der Waals surface area contributed by atoms with Crippen molar-refractivity contribution in [1.29, 1.82) is 0 Å². The summed E-state index contributed by atoms with van der Waals surface area (Å²) in [6.07, 6.45) is 0.362. The van der Waals surface area contributed by atoms with Gasteiger partial charge in [-0.1, -0.05) is 17.3 Å². The van der Waals surface area contributed by atoms with E-state index in [-0.39, 0.29) is 11.7 Å². The van der Waals surface area contributed by atoms with E-state index in [0.717, 1.165) is 16.8 Å². The molecule has 23 heavy (non-hydrogen) atoms. The number of thiophene rings is 1. The molecule has 0 radical (unpaired) electrons. The highest BCUT2D eigenvalue weighted by atomic mass is 32.1. The molecule has 0 spiro atoms. The Labute approximate surface area is 138 Å². The van der Waals surface area contributed by atoms with Gasteiger partial charge in [0.05, 0.1) is 5.71 Å². The minimum Gasteiger partial charge on any atom is -0.382 e. The molecule has 0 N–H and O–H groups in total. The molecular weight excluding hydrogens is 315 g/mol. The molecule has 0 fully saturated rings. The maximum atomic E-state index is 13.2. The van der Waals surface area contributed by atoms with Crippen LogP contribution in [0, 0.1) is 5.82 Å². The van der Waals surface area contributed by atoms with Crippen LogP contribution in [0.15, 0.2) is 46.2 Å². The maximum absolute atomic E-state index is 13.2. The van der Waals surface area contributed by atoms with Crippen molar-refractivity contribution in [3.8, 4) is 0 Å². The maximum Gasteiger partial charge on any atom is 0.266 e. The van der Waals surface area contributed by atoms with Gasteiger partial charge in [0.25, 0.3) is 5.91 Å². The highest BCUT2D eigenvalue weighted by Crippen LogP contribution is 2.18. The van der Waals surface area contributed by atoms with Gasteiger partial charge in [-0.05, 0) is 40.1 Å². The summed E-state index contributed by atoms with van der Waals surface area (Å²) in [5.41, 5.74) is 2.69. The molecule has 0 saturated heterocycles. The summed E-state index contributed by atoms with van der Waals surface area (Å²) in [6.45, 7) is 0.557. The second-order valence-corrected chi connectivity index (χ2v) is 6.37. The number of nitrogens with zero attached hydrogens (tertiary/aromatic N) is 2. The van der Waals surface area contributed by atoms with E-state index in [0.29, 0.717) is 19.4 Å². The van der Waals surface area contributed by atoms with Crippen LogP contribution >= 0.6 is 11.3 Å². The topological polar surface area (TPSA) is 41.9 Å². The lowest BCUT2D eigenvalue weighted by atomic mass is 10.0. The number of rotatable bonds is 5. The van der Waals surface area contributed by atoms with Crippen molar-refractivity contribution in [1.82, 2.24) is 4.90 Å². The number of carbonyl (C=O) groups is 1. The lowest BCUT2D eigenvalue weighted by Crippen LogP contribution is -2.36. The van der Waals surface area contributed by atoms with Crippen LogP contribution in [0.5, 0.6) is 0 Å². The number of carbonyl (C=O) groups excluding carboxylic acids is 1. The Morgan fingerprint density at radius 2 is 2.30 bits per heavy atom. The van der Waals surface area contributed by atoms with Crippen LogP contribution in [0.2, 0.25) is 0 Å². The van der Waals surface area contributed by atoms with Crippen LogP contribution in [0.1, 0.15) is 17.5 Å². The fourth-order valence-electron chi connectivity index (χ4n) is 2.53. The largest absolute Gasteiger partial charge is 0.382 e. The van der Waals surface area contributed by atoms with Gasteiger partial charge in [0.1, 0.15) is 5.82 Å². The molecule has 2 heterocycles. The Morgan fingerprint density at radius 3 is 3.04 bits per heavy atom. The molecular formula is C17H17FN2O2S. The van der Waals surface area contributed by atoms with E-state index < -0.39 is 6.10 Å². The van der Waals surface area contributed by atoms with Crippen LogP contribution < -0.4 is 0 Å². The van der Waals surface area contributed by atoms with Crippen LogP contribution in [0.3, 0.4) is 0 Å². The molecule has 6 heteroatoms. The molecule has 1 amide bonds. The number of hydrogen-bond donors (Lipinski definition) is 0. The van der Waals surface area contributed by atoms with Crippen LogP contribution in [0.4, 0.5) is 4.39 Å². The van der Waals surface area contributed by atoms with Gasteiger partial charge < -0.3 is 9.74 Å². The standard InChI is InChI=1S/C17H17FN2O2S/c1-20(10-13-5-6-23-11-13)17(21)16-9-15(19-22-16)8-12-3-2-4-14(18)7-12/h2-7,11,16H,8-10H2,1H3. The lowest BCUT2D eigenvalue weighted by molar-refractivity contribution is -0.141. The van der Waals surface area contributed by atoms with E-state index in [4.69, 9.17) is 4.84 Å². The minimum atomic E-state index is -0.581. The first-order chi connectivity index (χ1) is 11.1. The van der Waals surface area contributed by atoms with E-state index >= 15 is 0 Å². The molecule has 0 aliphatic carbocycles. The number of halogens is 1. The number of amides is 1. The highest BCUT2D eigenvalue weighted by Gasteiger charge is 2.30. The molecule has 0 saturated carbocycles. The van der Waals surface area contributed by atoms with E-state index in [1.54, 1.807) is 29.4 Å². The summed E-state index contributed by atoms with van der Waals surface area (Å²) in [4.78, 5) is 19.3. The van der Waals surface area contributed by atoms with Gasteiger partial charge in [-0.2, -0.15) is 11.3 Å². The molecule has 1 aromatic carbocycles. The Balaban J connectivity index is 1.54. The molecule has 3 rings (SSSR count). The Bertz CT molecular complexity index is 715. The molecule has 120 valence electrons. The summed E-state index contributed by atoms with van der Waals surface area (Å²) < 4.78 is 13.2. The first kappa shape index (κ1) is 15.7. The average molecular weight is 332 g/mol. The van der Waals surface area contributed by atoms with Gasteiger partial charge in [0.15, 0.2) is 0 Å². The molecule has 4 nitrogen and oxygen atoms in total. The van der Waals surface area contributed by atoms with Crippen molar-refractivity contribution >= 4 is 23.0 Å². The summed E-state index contributed by atoms with van der Waals surface area (Å²) in [5.74, 6) is -0.362. The Kier molecular flexibility index (Phi) is 4.71. The summed E-state index contributed by atoms with van der Waals surface area (Å²) in [6, 6.07) is 8.38. The lowest BCUT2D eigenvalue weighted by Gasteiger charge is -2.19. The first-order valence-electron chi connectivity index (χ1n) is 7.34. The third kappa shape index (κ3) is 3.96. The average Bonchev–Trinajstić information content (AvgIpc) is 3.18. The van der Waals surface area contributed by atoms with Gasteiger partial charge in [-0.3, -0.25) is 4.79 Å². The molecule has 1 aliphatic rings. The SMILES string of the molecule is CN(Cc1ccsc1)C(=O)C1CC(Cc2cccc(F)c2)=NO1. The van der Waals surface area contributed by atoms with Crippen LogP contribution in [-0.2, 0) is 22.6 Å². The van der Waals surface area contributed by atoms with Crippen molar-refractivity contribution in [2.24, 2.45) is 5.16 Å². The fraction of sp³-hybridized carbons (Fsp3) is 0.294. The second-order valence-electron chi connectivity index (χ2n) is 5.59. The van der Waals surface area contributed by atoms with Gasteiger partial charge in [0, 0.05) is 26.4 Å². The van der Waals surface area contributed by atoms with Gasteiger partial charge >= 0.3 is 0 Å². The molecule has 1 unspecified atom stereocenters. The monoisotopic (exact) mass is 332 g/mol. The van der Waals surface area contributed by atoms with E-state index in [1.807, 2.05) is 22.9 Å². The fourth-order valence-corrected chi connectivity index (χ4v) is 3.19. The number of oxime groups is 1. The zero-order chi connectivity index (χ0) is 16.2. The van der Waals surface area contributed by atoms with E-state index in [2.05, 4.69) is 5.16 Å². The van der Waals surface area contributed by atoms with Gasteiger partial charge in [0.2, 0.25) is 6.10 Å². The second kappa shape index (κ2) is 6.91. The number of benzene rings is 1. The normalized spacial score (nSPS) is 16.8. The van der Waals surface area contributed by atoms with Gasteiger partial charge in [-0.15, -0.1) is 0 Å². The van der Waals surface area contributed by atoms with Crippen LogP contribution in [-0.4, -0.2) is 29.7 Å². The molecule has 2 aromatic rings. The zero-order valence-electron chi connectivity index (χ0n) is 12.7. The summed E-state index contributed by atoms with van der Waals surface area (Å²) >= 11 is 1.61. The van der Waals surface area contributed by atoms with E-state index in [9.17, 15) is 9.18 Å². The molecule has 1 aromatic heterocycles. The first-order valence-corrected chi connectivity index (χ1v) is 8.28. The third-order valence-corrected chi connectivity index (χ3v) is 4.41.